The van der Waals surface area contributed by atoms with E-state index in [1.54, 1.807) is 6.07 Å². The molecule has 0 unspecified atom stereocenters. The van der Waals surface area contributed by atoms with Gasteiger partial charge >= 0.3 is 0 Å². The fraction of sp³-hybridized carbons (Fsp3) is 0.400. The molecule has 2 atom stereocenters. The maximum atomic E-state index is 14.6. The monoisotopic (exact) mass is 509 g/mol. The highest BCUT2D eigenvalue weighted by atomic mass is 32.1. The number of hydrogen-bond donors (Lipinski definition) is 3. The zero-order chi connectivity index (χ0) is 25.4. The summed E-state index contributed by atoms with van der Waals surface area (Å²) in [4.78, 5) is 35.8. The maximum Gasteiger partial charge on any atom is 0.271 e. The van der Waals surface area contributed by atoms with Crippen molar-refractivity contribution in [2.45, 2.75) is 57.5 Å². The molecule has 36 heavy (non-hydrogen) atoms. The van der Waals surface area contributed by atoms with Crippen LogP contribution in [0.2, 0.25) is 0 Å². The minimum Gasteiger partial charge on any atom is -0.364 e. The average molecular weight is 510 g/mol. The number of aromatic nitrogens is 3. The van der Waals surface area contributed by atoms with Gasteiger partial charge in [-0.1, -0.05) is 6.07 Å². The minimum absolute atomic E-state index is 0.0319. The van der Waals surface area contributed by atoms with E-state index in [2.05, 4.69) is 31.9 Å². The van der Waals surface area contributed by atoms with Crippen LogP contribution in [-0.2, 0) is 0 Å². The topological polar surface area (TPSA) is 126 Å². The van der Waals surface area contributed by atoms with Crippen LogP contribution >= 0.6 is 11.5 Å². The van der Waals surface area contributed by atoms with Gasteiger partial charge in [0.2, 0.25) is 0 Å². The predicted molar refractivity (Wildman–Crippen MR) is 136 cm³/mol. The Kier molecular flexibility index (Phi) is 6.57. The lowest BCUT2D eigenvalue weighted by Gasteiger charge is -2.39. The van der Waals surface area contributed by atoms with E-state index < -0.39 is 17.6 Å². The van der Waals surface area contributed by atoms with Crippen molar-refractivity contribution in [1.29, 1.82) is 0 Å². The third kappa shape index (κ3) is 5.15. The van der Waals surface area contributed by atoms with E-state index in [4.69, 9.17) is 5.73 Å². The molecule has 2 amide bonds. The highest BCUT2D eigenvalue weighted by Gasteiger charge is 2.30. The summed E-state index contributed by atoms with van der Waals surface area (Å²) in [6.07, 6.45) is 5.21. The van der Waals surface area contributed by atoms with Crippen LogP contribution in [0.1, 0.15) is 70.6 Å². The molecule has 0 spiro atoms. The van der Waals surface area contributed by atoms with Gasteiger partial charge in [0.1, 0.15) is 16.6 Å². The molecule has 1 aliphatic carbocycles. The van der Waals surface area contributed by atoms with Crippen LogP contribution in [0, 0.1) is 12.7 Å². The summed E-state index contributed by atoms with van der Waals surface area (Å²) >= 11 is 1.25. The van der Waals surface area contributed by atoms with E-state index in [1.165, 1.54) is 23.8 Å². The first-order valence-electron chi connectivity index (χ1n) is 12.0. The van der Waals surface area contributed by atoms with Gasteiger partial charge in [-0.3, -0.25) is 9.59 Å². The fourth-order valence-corrected chi connectivity index (χ4v) is 5.18. The molecule has 9 nitrogen and oxygen atoms in total. The first-order valence-corrected chi connectivity index (χ1v) is 12.8. The lowest BCUT2D eigenvalue weighted by Crippen LogP contribution is -2.51. The summed E-state index contributed by atoms with van der Waals surface area (Å²) in [5.74, 6) is -0.377. The number of aryl methyl sites for hydroxylation is 1. The average Bonchev–Trinajstić information content (AvgIpc) is 3.62. The van der Waals surface area contributed by atoms with Crippen molar-refractivity contribution in [2.75, 3.05) is 16.8 Å². The number of carbonyl (C=O) groups excluding carboxylic acids is 2. The van der Waals surface area contributed by atoms with Crippen molar-refractivity contribution in [1.82, 2.24) is 19.7 Å². The minimum atomic E-state index is -0.690. The van der Waals surface area contributed by atoms with E-state index in [1.807, 2.05) is 24.0 Å². The number of primary amides is 1. The molecule has 0 bridgehead atoms. The van der Waals surface area contributed by atoms with Gasteiger partial charge in [-0.15, -0.1) is 0 Å². The van der Waals surface area contributed by atoms with Crippen LogP contribution in [0.4, 0.5) is 21.0 Å². The molecule has 2 fully saturated rings. The number of nitrogens with zero attached hydrogens (tertiary/aromatic N) is 4. The predicted octanol–water partition coefficient (Wildman–Crippen LogP) is 3.89. The van der Waals surface area contributed by atoms with Crippen LogP contribution < -0.4 is 21.3 Å². The molecule has 188 valence electrons. The molecule has 3 aromatic rings. The van der Waals surface area contributed by atoms with Gasteiger partial charge in [0.05, 0.1) is 17.5 Å². The summed E-state index contributed by atoms with van der Waals surface area (Å²) in [6.45, 7) is 4.41. The van der Waals surface area contributed by atoms with Gasteiger partial charge in [0.15, 0.2) is 11.5 Å². The first-order chi connectivity index (χ1) is 17.3. The summed E-state index contributed by atoms with van der Waals surface area (Å²) < 4.78 is 18.9. The number of nitrogens with two attached hydrogens (primary N) is 1. The Hall–Kier alpha value is -3.60. The van der Waals surface area contributed by atoms with Crippen molar-refractivity contribution in [3.8, 4) is 0 Å². The number of benzene rings is 1. The highest BCUT2D eigenvalue weighted by Crippen LogP contribution is 2.40. The number of nitrogens with one attached hydrogen (secondary N) is 2. The molecular weight excluding hydrogens is 481 g/mol. The molecule has 11 heteroatoms. The van der Waals surface area contributed by atoms with Crippen LogP contribution in [0.15, 0.2) is 30.5 Å². The molecule has 0 radical (unpaired) electrons. The van der Waals surface area contributed by atoms with Gasteiger partial charge in [-0.2, -0.15) is 4.37 Å². The Labute approximate surface area is 212 Å². The van der Waals surface area contributed by atoms with Crippen molar-refractivity contribution >= 4 is 40.0 Å². The third-order valence-corrected chi connectivity index (χ3v) is 7.46. The van der Waals surface area contributed by atoms with Gasteiger partial charge in [-0.25, -0.2) is 14.4 Å². The number of piperidine rings is 1. The summed E-state index contributed by atoms with van der Waals surface area (Å²) in [5.41, 5.74) is 7.40. The van der Waals surface area contributed by atoms with Crippen LogP contribution in [-0.4, -0.2) is 44.8 Å². The normalized spacial score (nSPS) is 19.7. The van der Waals surface area contributed by atoms with Gasteiger partial charge < -0.3 is 21.3 Å². The first kappa shape index (κ1) is 24.1. The largest absolute Gasteiger partial charge is 0.364 e. The molecule has 4 N–H and O–H groups in total. The van der Waals surface area contributed by atoms with E-state index in [0.29, 0.717) is 23.3 Å². The second kappa shape index (κ2) is 9.81. The Balaban J connectivity index is 1.33. The maximum absolute atomic E-state index is 14.6. The summed E-state index contributed by atoms with van der Waals surface area (Å²) in [6, 6.07) is 6.68. The zero-order valence-corrected chi connectivity index (χ0v) is 20.9. The van der Waals surface area contributed by atoms with Crippen molar-refractivity contribution in [2.24, 2.45) is 5.73 Å². The molecule has 1 saturated heterocycles. The lowest BCUT2D eigenvalue weighted by molar-refractivity contribution is 0.0925. The van der Waals surface area contributed by atoms with Crippen LogP contribution in [0.3, 0.4) is 0 Å². The molecule has 1 aromatic carbocycles. The fourth-order valence-electron chi connectivity index (χ4n) is 4.52. The van der Waals surface area contributed by atoms with Crippen molar-refractivity contribution < 1.29 is 14.0 Å². The molecule has 3 heterocycles. The van der Waals surface area contributed by atoms with E-state index in [9.17, 15) is 14.0 Å². The van der Waals surface area contributed by atoms with Crippen molar-refractivity contribution in [3.63, 3.8) is 0 Å². The Morgan fingerprint density at radius 3 is 2.67 bits per heavy atom. The van der Waals surface area contributed by atoms with Crippen LogP contribution in [0.25, 0.3) is 0 Å². The SMILES string of the molecule is Cc1cc(Nc2nc(N3C[C@@H](NC(=O)c4ccc(C5CC5)cc4F)CC[C@H]3C)cnc2C(N)=O)sn1. The Morgan fingerprint density at radius 1 is 1.19 bits per heavy atom. The Morgan fingerprint density at radius 2 is 2.00 bits per heavy atom. The Bertz CT molecular complexity index is 1310. The number of anilines is 3. The molecular formula is C25H28FN7O2S. The third-order valence-electron chi connectivity index (χ3n) is 6.66. The number of amides is 2. The van der Waals surface area contributed by atoms with E-state index in [0.717, 1.165) is 36.9 Å². The van der Waals surface area contributed by atoms with E-state index >= 15 is 0 Å². The number of rotatable bonds is 7. The van der Waals surface area contributed by atoms with Gasteiger partial charge in [0, 0.05) is 18.6 Å². The number of hydrogen-bond acceptors (Lipinski definition) is 8. The molecule has 5 rings (SSSR count). The quantitative estimate of drug-likeness (QED) is 0.441. The van der Waals surface area contributed by atoms with Crippen LogP contribution in [0.5, 0.6) is 0 Å². The number of halogens is 1. The molecule has 2 aliphatic rings. The summed E-state index contributed by atoms with van der Waals surface area (Å²) in [5, 5.41) is 6.80. The second-order valence-electron chi connectivity index (χ2n) is 9.51. The second-order valence-corrected chi connectivity index (χ2v) is 10.3. The standard InChI is InChI=1S/C25H28FN7O2S/c1-13-9-21(36-32-13)31-24-22(23(27)34)28-11-20(30-24)33-12-17(7-3-14(33)2)29-25(35)18-8-6-16(10-19(18)26)15-4-5-15/h6,8-11,14-15,17H,3-5,7,12H2,1-2H3,(H2,27,34)(H,29,35)(H,30,31)/t14-,17+/m1/s1. The van der Waals surface area contributed by atoms with Gasteiger partial charge in [-0.05, 0) is 80.7 Å². The number of carbonyl (C=O) groups is 2. The van der Waals surface area contributed by atoms with E-state index in [-0.39, 0.29) is 29.2 Å². The molecule has 1 saturated carbocycles. The molecule has 2 aromatic heterocycles. The van der Waals surface area contributed by atoms with Crippen molar-refractivity contribution in [3.05, 3.63) is 58.8 Å². The van der Waals surface area contributed by atoms with Gasteiger partial charge in [0.25, 0.3) is 11.8 Å². The highest BCUT2D eigenvalue weighted by molar-refractivity contribution is 7.10. The summed E-state index contributed by atoms with van der Waals surface area (Å²) in [7, 11) is 0. The smallest absolute Gasteiger partial charge is 0.271 e. The zero-order valence-electron chi connectivity index (χ0n) is 20.1. The lowest BCUT2D eigenvalue weighted by atomic mass is 9.98. The molecule has 1 aliphatic heterocycles.